The molecule has 2 rings (SSSR count). The van der Waals surface area contributed by atoms with E-state index < -0.39 is 0 Å². The Morgan fingerprint density at radius 3 is 2.95 bits per heavy atom. The highest BCUT2D eigenvalue weighted by Gasteiger charge is 2.19. The minimum atomic E-state index is -0.341. The maximum Gasteiger partial charge on any atom is 0.141 e. The Morgan fingerprint density at radius 2 is 2.26 bits per heavy atom. The van der Waals surface area contributed by atoms with E-state index in [2.05, 4.69) is 10.2 Å². The molecule has 1 aromatic rings. The van der Waals surface area contributed by atoms with Gasteiger partial charge < -0.3 is 5.32 Å². The lowest BCUT2D eigenvalue weighted by atomic mass is 9.97. The SMILES string of the molecule is CNCC1CCCN(Cc2ccc(F)c(Cl)c2)C1.Cl. The van der Waals surface area contributed by atoms with Crippen LogP contribution in [-0.4, -0.2) is 31.6 Å². The number of hydrogen-bond donors (Lipinski definition) is 1. The molecule has 0 bridgehead atoms. The van der Waals surface area contributed by atoms with Crippen molar-refractivity contribution in [2.75, 3.05) is 26.7 Å². The fourth-order valence-electron chi connectivity index (χ4n) is 2.65. The first kappa shape index (κ1) is 16.7. The quantitative estimate of drug-likeness (QED) is 0.918. The Morgan fingerprint density at radius 1 is 1.47 bits per heavy atom. The molecule has 1 fully saturated rings. The van der Waals surface area contributed by atoms with Gasteiger partial charge in [-0.15, -0.1) is 12.4 Å². The third-order valence-corrected chi connectivity index (χ3v) is 3.78. The highest BCUT2D eigenvalue weighted by molar-refractivity contribution is 6.30. The van der Waals surface area contributed by atoms with E-state index in [9.17, 15) is 4.39 Å². The summed E-state index contributed by atoms with van der Waals surface area (Å²) in [5, 5.41) is 3.46. The molecule has 1 aromatic carbocycles. The summed E-state index contributed by atoms with van der Waals surface area (Å²) in [7, 11) is 2.00. The van der Waals surface area contributed by atoms with Crippen LogP contribution in [0.15, 0.2) is 18.2 Å². The molecular weight excluding hydrogens is 286 g/mol. The summed E-state index contributed by atoms with van der Waals surface area (Å²) in [6, 6.07) is 5.01. The van der Waals surface area contributed by atoms with Gasteiger partial charge >= 0.3 is 0 Å². The van der Waals surface area contributed by atoms with E-state index in [0.717, 1.165) is 37.7 Å². The standard InChI is InChI=1S/C14H20ClFN2.ClH/c1-17-8-12-3-2-6-18(10-12)9-11-4-5-14(16)13(15)7-11;/h4-5,7,12,17H,2-3,6,8-10H2,1H3;1H. The van der Waals surface area contributed by atoms with Crippen LogP contribution in [0, 0.1) is 11.7 Å². The molecule has 1 aliphatic heterocycles. The van der Waals surface area contributed by atoms with Gasteiger partial charge in [0, 0.05) is 13.1 Å². The van der Waals surface area contributed by atoms with Crippen LogP contribution in [-0.2, 0) is 6.54 Å². The second kappa shape index (κ2) is 8.05. The molecule has 5 heteroatoms. The van der Waals surface area contributed by atoms with Crippen molar-refractivity contribution in [1.82, 2.24) is 10.2 Å². The van der Waals surface area contributed by atoms with E-state index in [-0.39, 0.29) is 23.2 Å². The zero-order valence-corrected chi connectivity index (χ0v) is 12.7. The minimum absolute atomic E-state index is 0. The lowest BCUT2D eigenvalue weighted by Crippen LogP contribution is -2.38. The average Bonchev–Trinajstić information content (AvgIpc) is 2.35. The molecule has 19 heavy (non-hydrogen) atoms. The van der Waals surface area contributed by atoms with Crippen molar-refractivity contribution in [3.8, 4) is 0 Å². The van der Waals surface area contributed by atoms with Crippen molar-refractivity contribution < 1.29 is 4.39 Å². The summed E-state index contributed by atoms with van der Waals surface area (Å²) in [6.45, 7) is 4.16. The molecule has 0 spiro atoms. The van der Waals surface area contributed by atoms with Gasteiger partial charge in [0.2, 0.25) is 0 Å². The van der Waals surface area contributed by atoms with E-state index in [0.29, 0.717) is 0 Å². The van der Waals surface area contributed by atoms with Crippen LogP contribution in [0.5, 0.6) is 0 Å². The molecule has 1 atom stereocenters. The average molecular weight is 307 g/mol. The molecule has 1 saturated heterocycles. The second-order valence-corrected chi connectivity index (χ2v) is 5.46. The lowest BCUT2D eigenvalue weighted by Gasteiger charge is -2.32. The zero-order valence-electron chi connectivity index (χ0n) is 11.2. The normalized spacial score (nSPS) is 20.1. The molecule has 0 saturated carbocycles. The highest BCUT2D eigenvalue weighted by Crippen LogP contribution is 2.21. The molecule has 1 heterocycles. The van der Waals surface area contributed by atoms with Crippen molar-refractivity contribution in [3.05, 3.63) is 34.6 Å². The van der Waals surface area contributed by atoms with E-state index in [4.69, 9.17) is 11.6 Å². The van der Waals surface area contributed by atoms with Gasteiger partial charge in [0.15, 0.2) is 0 Å². The van der Waals surface area contributed by atoms with Gasteiger partial charge in [0.05, 0.1) is 5.02 Å². The van der Waals surface area contributed by atoms with Crippen LogP contribution < -0.4 is 5.32 Å². The van der Waals surface area contributed by atoms with Gasteiger partial charge in [-0.3, -0.25) is 4.90 Å². The van der Waals surface area contributed by atoms with Gasteiger partial charge in [-0.2, -0.15) is 0 Å². The van der Waals surface area contributed by atoms with Crippen LogP contribution >= 0.6 is 24.0 Å². The molecule has 108 valence electrons. The summed E-state index contributed by atoms with van der Waals surface area (Å²) in [4.78, 5) is 2.43. The van der Waals surface area contributed by atoms with Crippen LogP contribution in [0.3, 0.4) is 0 Å². The van der Waals surface area contributed by atoms with Crippen molar-refractivity contribution >= 4 is 24.0 Å². The first-order valence-electron chi connectivity index (χ1n) is 6.50. The Bertz CT molecular complexity index is 399. The summed E-state index contributed by atoms with van der Waals surface area (Å²) in [5.41, 5.74) is 1.09. The number of benzene rings is 1. The molecule has 1 aliphatic rings. The van der Waals surface area contributed by atoms with E-state index in [1.807, 2.05) is 13.1 Å². The van der Waals surface area contributed by atoms with Gasteiger partial charge in [0.1, 0.15) is 5.82 Å². The number of nitrogens with one attached hydrogen (secondary N) is 1. The molecular formula is C14H21Cl2FN2. The van der Waals surface area contributed by atoms with Crippen molar-refractivity contribution in [3.63, 3.8) is 0 Å². The topological polar surface area (TPSA) is 15.3 Å². The van der Waals surface area contributed by atoms with E-state index in [1.165, 1.54) is 18.9 Å². The smallest absolute Gasteiger partial charge is 0.141 e. The van der Waals surface area contributed by atoms with Gasteiger partial charge in [-0.05, 0) is 56.6 Å². The first-order valence-corrected chi connectivity index (χ1v) is 6.87. The molecule has 2 nitrogen and oxygen atoms in total. The largest absolute Gasteiger partial charge is 0.319 e. The molecule has 1 N–H and O–H groups in total. The first-order chi connectivity index (χ1) is 8.69. The third-order valence-electron chi connectivity index (χ3n) is 3.49. The Labute approximate surface area is 125 Å². The van der Waals surface area contributed by atoms with Crippen molar-refractivity contribution in [2.24, 2.45) is 5.92 Å². The number of hydrogen-bond acceptors (Lipinski definition) is 2. The fourth-order valence-corrected chi connectivity index (χ4v) is 2.85. The molecule has 0 amide bonds. The number of piperidine rings is 1. The Kier molecular flexibility index (Phi) is 7.08. The summed E-state index contributed by atoms with van der Waals surface area (Å²) in [6.07, 6.45) is 2.53. The number of likely N-dealkylation sites (tertiary alicyclic amines) is 1. The number of halogens is 3. The van der Waals surface area contributed by atoms with E-state index >= 15 is 0 Å². The molecule has 0 radical (unpaired) electrons. The second-order valence-electron chi connectivity index (χ2n) is 5.05. The Balaban J connectivity index is 0.00000180. The predicted octanol–water partition coefficient (Wildman–Crippen LogP) is 3.33. The van der Waals surface area contributed by atoms with Gasteiger partial charge in [0.25, 0.3) is 0 Å². The van der Waals surface area contributed by atoms with Crippen LogP contribution in [0.1, 0.15) is 18.4 Å². The molecule has 0 aromatic heterocycles. The predicted molar refractivity (Wildman–Crippen MR) is 80.6 cm³/mol. The summed E-state index contributed by atoms with van der Waals surface area (Å²) in [5.74, 6) is 0.381. The lowest BCUT2D eigenvalue weighted by molar-refractivity contribution is 0.167. The maximum absolute atomic E-state index is 13.1. The van der Waals surface area contributed by atoms with Crippen molar-refractivity contribution in [2.45, 2.75) is 19.4 Å². The minimum Gasteiger partial charge on any atom is -0.319 e. The number of nitrogens with zero attached hydrogens (tertiary/aromatic N) is 1. The zero-order chi connectivity index (χ0) is 13.0. The van der Waals surface area contributed by atoms with Crippen LogP contribution in [0.2, 0.25) is 5.02 Å². The third kappa shape index (κ3) is 4.92. The fraction of sp³-hybridized carbons (Fsp3) is 0.571. The van der Waals surface area contributed by atoms with E-state index in [1.54, 1.807) is 6.07 Å². The van der Waals surface area contributed by atoms with Crippen LogP contribution in [0.25, 0.3) is 0 Å². The number of rotatable bonds is 4. The van der Waals surface area contributed by atoms with Gasteiger partial charge in [-0.25, -0.2) is 4.39 Å². The Hall–Kier alpha value is -0.350. The highest BCUT2D eigenvalue weighted by atomic mass is 35.5. The monoisotopic (exact) mass is 306 g/mol. The molecule has 1 unspecified atom stereocenters. The van der Waals surface area contributed by atoms with Gasteiger partial charge in [-0.1, -0.05) is 17.7 Å². The maximum atomic E-state index is 13.1. The van der Waals surface area contributed by atoms with Crippen molar-refractivity contribution in [1.29, 1.82) is 0 Å². The van der Waals surface area contributed by atoms with Crippen LogP contribution in [0.4, 0.5) is 4.39 Å². The summed E-state index contributed by atoms with van der Waals surface area (Å²) < 4.78 is 13.1. The molecule has 0 aliphatic carbocycles. The summed E-state index contributed by atoms with van der Waals surface area (Å²) >= 11 is 5.81.